The molecule has 0 saturated carbocycles. The van der Waals surface area contributed by atoms with Gasteiger partial charge >= 0.3 is 6.18 Å². The van der Waals surface area contributed by atoms with Gasteiger partial charge in [0.05, 0.1) is 24.3 Å². The van der Waals surface area contributed by atoms with E-state index in [0.29, 0.717) is 29.1 Å². The first-order valence-electron chi connectivity index (χ1n) is 13.8. The summed E-state index contributed by atoms with van der Waals surface area (Å²) in [6.45, 7) is 7.51. The first-order valence-corrected chi connectivity index (χ1v) is 13.8. The summed E-state index contributed by atoms with van der Waals surface area (Å²) in [6.07, 6.45) is 4.91. The third-order valence-electron chi connectivity index (χ3n) is 5.40. The van der Waals surface area contributed by atoms with Crippen molar-refractivity contribution in [3.05, 3.63) is 114 Å². The molecule has 0 unspecified atom stereocenters. The van der Waals surface area contributed by atoms with Crippen molar-refractivity contribution in [1.82, 2.24) is 14.8 Å². The van der Waals surface area contributed by atoms with E-state index in [1.807, 2.05) is 94.4 Å². The van der Waals surface area contributed by atoms with E-state index in [0.717, 1.165) is 16.7 Å². The van der Waals surface area contributed by atoms with Crippen LogP contribution in [0.3, 0.4) is 0 Å². The number of amides is 1. The highest BCUT2D eigenvalue weighted by atomic mass is 19.4. The molecule has 43 heavy (non-hydrogen) atoms. The molecule has 2 aromatic carbocycles. The monoisotopic (exact) mass is 592 g/mol. The predicted molar refractivity (Wildman–Crippen MR) is 166 cm³/mol. The molecule has 10 heteroatoms. The normalized spacial score (nSPS) is 10.2. The van der Waals surface area contributed by atoms with Gasteiger partial charge in [-0.3, -0.25) is 9.48 Å². The molecular formula is C33H39F3N6O. The van der Waals surface area contributed by atoms with Crippen molar-refractivity contribution in [2.24, 2.45) is 5.73 Å². The molecule has 2 aromatic heterocycles. The minimum Gasteiger partial charge on any atom is -0.330 e. The van der Waals surface area contributed by atoms with Gasteiger partial charge in [-0.2, -0.15) is 23.5 Å². The first-order chi connectivity index (χ1) is 20.7. The molecule has 228 valence electrons. The Morgan fingerprint density at radius 2 is 1.60 bits per heavy atom. The molecule has 0 bridgehead atoms. The van der Waals surface area contributed by atoms with E-state index in [9.17, 15) is 18.0 Å². The van der Waals surface area contributed by atoms with Crippen LogP contribution in [0.2, 0.25) is 0 Å². The maximum Gasteiger partial charge on any atom is 0.408 e. The zero-order valence-electron chi connectivity index (χ0n) is 25.0. The summed E-state index contributed by atoms with van der Waals surface area (Å²) in [4.78, 5) is 16.1. The Kier molecular flexibility index (Phi) is 17.0. The van der Waals surface area contributed by atoms with Crippen LogP contribution in [0.5, 0.6) is 0 Å². The van der Waals surface area contributed by atoms with Gasteiger partial charge in [0.15, 0.2) is 0 Å². The lowest BCUT2D eigenvalue weighted by Crippen LogP contribution is -2.17. The smallest absolute Gasteiger partial charge is 0.330 e. The van der Waals surface area contributed by atoms with Crippen molar-refractivity contribution < 1.29 is 18.0 Å². The molecular weight excluding hydrogens is 553 g/mol. The van der Waals surface area contributed by atoms with Gasteiger partial charge in [-0.05, 0) is 62.2 Å². The number of nitriles is 1. The number of allylic oxidation sites excluding steroid dienone is 2. The van der Waals surface area contributed by atoms with Gasteiger partial charge in [0.2, 0.25) is 5.91 Å². The van der Waals surface area contributed by atoms with Crippen molar-refractivity contribution in [2.45, 2.75) is 53.3 Å². The second-order valence-electron chi connectivity index (χ2n) is 8.70. The summed E-state index contributed by atoms with van der Waals surface area (Å²) in [5.41, 5.74) is 9.27. The Morgan fingerprint density at radius 1 is 0.953 bits per heavy atom. The number of hydrogen-bond acceptors (Lipinski definition) is 5. The first kappa shape index (κ1) is 36.3. The van der Waals surface area contributed by atoms with Crippen LogP contribution in [0.4, 0.5) is 19.0 Å². The largest absolute Gasteiger partial charge is 0.408 e. The fourth-order valence-electron chi connectivity index (χ4n) is 3.30. The van der Waals surface area contributed by atoms with E-state index in [4.69, 9.17) is 11.0 Å². The summed E-state index contributed by atoms with van der Waals surface area (Å²) in [6, 6.07) is 22.1. The molecule has 0 aliphatic rings. The summed E-state index contributed by atoms with van der Waals surface area (Å²) in [7, 11) is 0. The third kappa shape index (κ3) is 15.2. The maximum atomic E-state index is 12.4. The molecule has 3 N–H and O–H groups in total. The van der Waals surface area contributed by atoms with Gasteiger partial charge in [0.1, 0.15) is 12.4 Å². The maximum absolute atomic E-state index is 12.4. The van der Waals surface area contributed by atoms with Crippen molar-refractivity contribution in [3.8, 4) is 17.2 Å². The third-order valence-corrected chi connectivity index (χ3v) is 5.40. The Hall–Kier alpha value is -4.75. The Bertz CT molecular complexity index is 1390. The summed E-state index contributed by atoms with van der Waals surface area (Å²) >= 11 is 0. The zero-order chi connectivity index (χ0) is 32.1. The van der Waals surface area contributed by atoms with Gasteiger partial charge in [-0.15, -0.1) is 0 Å². The summed E-state index contributed by atoms with van der Waals surface area (Å²) in [5.74, 6) is 0.173. The number of hydrogen-bond donors (Lipinski definition) is 2. The predicted octanol–water partition coefficient (Wildman–Crippen LogP) is 7.36. The van der Waals surface area contributed by atoms with Crippen molar-refractivity contribution in [2.75, 3.05) is 11.9 Å². The number of benzene rings is 2. The lowest BCUT2D eigenvalue weighted by Gasteiger charge is -2.06. The SMILES string of the molecule is C/C=C\C.CC.N#Cc1ccc(CCN)cc1.O=C(Cc1ccccc1)Nc1ccc(-c2cnn(CC(F)(F)F)c2)cn1. The van der Waals surface area contributed by atoms with Gasteiger partial charge in [0.25, 0.3) is 0 Å². The lowest BCUT2D eigenvalue weighted by molar-refractivity contribution is -0.142. The molecule has 1 amide bonds. The minimum absolute atomic E-state index is 0.200. The van der Waals surface area contributed by atoms with Crippen molar-refractivity contribution in [3.63, 3.8) is 0 Å². The number of carbonyl (C=O) groups excluding carboxylic acids is 1. The van der Waals surface area contributed by atoms with Crippen molar-refractivity contribution in [1.29, 1.82) is 5.26 Å². The van der Waals surface area contributed by atoms with Crippen LogP contribution in [0, 0.1) is 11.3 Å². The van der Waals surface area contributed by atoms with Crippen LogP contribution < -0.4 is 11.1 Å². The Balaban J connectivity index is 0.000000450. The van der Waals surface area contributed by atoms with E-state index in [-0.39, 0.29) is 12.3 Å². The number of nitrogens with one attached hydrogen (secondary N) is 1. The van der Waals surface area contributed by atoms with E-state index in [1.54, 1.807) is 12.1 Å². The highest BCUT2D eigenvalue weighted by Crippen LogP contribution is 2.22. The number of carbonyl (C=O) groups is 1. The number of alkyl halides is 3. The Morgan fingerprint density at radius 3 is 2.12 bits per heavy atom. The summed E-state index contributed by atoms with van der Waals surface area (Å²) < 4.78 is 37.9. The van der Waals surface area contributed by atoms with Crippen molar-refractivity contribution >= 4 is 11.7 Å². The minimum atomic E-state index is -4.32. The lowest BCUT2D eigenvalue weighted by atomic mass is 10.1. The number of pyridine rings is 1. The molecule has 0 saturated heterocycles. The molecule has 0 aliphatic carbocycles. The van der Waals surface area contributed by atoms with E-state index < -0.39 is 12.7 Å². The number of nitrogens with two attached hydrogens (primary N) is 1. The van der Waals surface area contributed by atoms with Gasteiger partial charge in [-0.25, -0.2) is 4.98 Å². The number of anilines is 1. The van der Waals surface area contributed by atoms with Crippen LogP contribution in [0.15, 0.2) is 97.5 Å². The second kappa shape index (κ2) is 20.2. The number of halogens is 3. The molecule has 0 radical (unpaired) electrons. The number of rotatable bonds is 7. The highest BCUT2D eigenvalue weighted by Gasteiger charge is 2.28. The highest BCUT2D eigenvalue weighted by molar-refractivity contribution is 5.91. The average Bonchev–Trinajstić information content (AvgIpc) is 3.47. The molecule has 0 fully saturated rings. The standard InChI is InChI=1S/C18H15F3N4O.C9H10N2.C4H8.C2H6/c19-18(20,21)12-25-11-15(10-23-25)14-6-7-16(22-9-14)24-17(26)8-13-4-2-1-3-5-13;10-6-5-8-1-3-9(7-11)4-2-8;1-3-4-2;1-2/h1-7,9-11H,8,12H2,(H,22,24,26);1-4H,5-6,10H2;3-4H,1-2H3;1-2H3/b;;4-3-;. The van der Waals surface area contributed by atoms with Crippen LogP contribution in [0.1, 0.15) is 44.4 Å². The fraction of sp³-hybridized carbons (Fsp3) is 0.273. The van der Waals surface area contributed by atoms with Crippen LogP contribution in [-0.2, 0) is 24.2 Å². The average molecular weight is 593 g/mol. The molecule has 0 aliphatic heterocycles. The number of aromatic nitrogens is 3. The fourth-order valence-corrected chi connectivity index (χ4v) is 3.30. The number of nitrogens with zero attached hydrogens (tertiary/aromatic N) is 4. The van der Waals surface area contributed by atoms with Gasteiger partial charge in [-0.1, -0.05) is 68.5 Å². The molecule has 0 atom stereocenters. The molecule has 0 spiro atoms. The topological polar surface area (TPSA) is 110 Å². The second-order valence-corrected chi connectivity index (χ2v) is 8.70. The van der Waals surface area contributed by atoms with E-state index in [1.165, 1.54) is 24.2 Å². The van der Waals surface area contributed by atoms with Gasteiger partial charge in [0, 0.05) is 23.5 Å². The van der Waals surface area contributed by atoms with Crippen LogP contribution in [0.25, 0.3) is 11.1 Å². The quantitative estimate of drug-likeness (QED) is 0.218. The Labute approximate surface area is 251 Å². The molecule has 4 aromatic rings. The van der Waals surface area contributed by atoms with E-state index in [2.05, 4.69) is 21.5 Å². The molecule has 7 nitrogen and oxygen atoms in total. The van der Waals surface area contributed by atoms with Crippen LogP contribution >= 0.6 is 0 Å². The van der Waals surface area contributed by atoms with Crippen LogP contribution in [-0.4, -0.2) is 33.4 Å². The molecule has 4 rings (SSSR count). The van der Waals surface area contributed by atoms with E-state index >= 15 is 0 Å². The molecule has 2 heterocycles. The van der Waals surface area contributed by atoms with Gasteiger partial charge < -0.3 is 11.1 Å². The zero-order valence-corrected chi connectivity index (χ0v) is 25.0. The summed E-state index contributed by atoms with van der Waals surface area (Å²) in [5, 5.41) is 14.9.